The van der Waals surface area contributed by atoms with Gasteiger partial charge in [0.05, 0.1) is 18.8 Å². The van der Waals surface area contributed by atoms with Gasteiger partial charge in [-0.3, -0.25) is 9.48 Å². The van der Waals surface area contributed by atoms with Crippen LogP contribution in [0.4, 0.5) is 5.82 Å². The average molecular weight is 421 g/mol. The molecule has 1 saturated heterocycles. The van der Waals surface area contributed by atoms with E-state index in [1.54, 1.807) is 23.0 Å². The number of benzene rings is 1. The van der Waals surface area contributed by atoms with Crippen LogP contribution in [-0.4, -0.2) is 38.6 Å². The van der Waals surface area contributed by atoms with E-state index >= 15 is 0 Å². The van der Waals surface area contributed by atoms with Crippen LogP contribution >= 0.6 is 24.0 Å². The van der Waals surface area contributed by atoms with E-state index in [0.717, 1.165) is 31.5 Å². The van der Waals surface area contributed by atoms with Gasteiger partial charge >= 0.3 is 0 Å². The minimum atomic E-state index is -0.240. The fourth-order valence-corrected chi connectivity index (χ4v) is 3.36. The monoisotopic (exact) mass is 420 g/mol. The Hall–Kier alpha value is -2.35. The Bertz CT molecular complexity index is 915. The van der Waals surface area contributed by atoms with Gasteiger partial charge in [-0.1, -0.05) is 23.7 Å². The average Bonchev–Trinajstić information content (AvgIpc) is 3.34. The van der Waals surface area contributed by atoms with Gasteiger partial charge in [0.2, 0.25) is 0 Å². The van der Waals surface area contributed by atoms with E-state index in [-0.39, 0.29) is 18.3 Å². The number of nitrogens with zero attached hydrogens (tertiary/aromatic N) is 4. The Kier molecular flexibility index (Phi) is 6.72. The molecule has 2 aromatic heterocycles. The van der Waals surface area contributed by atoms with Crippen LogP contribution in [0.25, 0.3) is 0 Å². The minimum absolute atomic E-state index is 0. The van der Waals surface area contributed by atoms with Crippen LogP contribution in [0.5, 0.6) is 0 Å². The maximum atomic E-state index is 12.6. The van der Waals surface area contributed by atoms with Gasteiger partial charge in [-0.25, -0.2) is 4.68 Å². The summed E-state index contributed by atoms with van der Waals surface area (Å²) in [7, 11) is 0. The summed E-state index contributed by atoms with van der Waals surface area (Å²) in [5, 5.41) is 15.7. The van der Waals surface area contributed by atoms with Crippen LogP contribution in [0.1, 0.15) is 34.9 Å². The Morgan fingerprint density at radius 1 is 1.25 bits per heavy atom. The lowest BCUT2D eigenvalue weighted by atomic mass is 10.1. The molecule has 2 N–H and O–H groups in total. The van der Waals surface area contributed by atoms with Crippen molar-refractivity contribution in [3.63, 3.8) is 0 Å². The molecule has 1 fully saturated rings. The fraction of sp³-hybridized carbons (Fsp3) is 0.316. The predicted molar refractivity (Wildman–Crippen MR) is 111 cm³/mol. The third-order valence-electron chi connectivity index (χ3n) is 4.69. The van der Waals surface area contributed by atoms with Gasteiger partial charge in [-0.2, -0.15) is 10.2 Å². The lowest BCUT2D eigenvalue weighted by molar-refractivity contribution is 0.102. The molecule has 1 atom stereocenters. The number of hydrogen-bond donors (Lipinski definition) is 2. The summed E-state index contributed by atoms with van der Waals surface area (Å²) in [6.07, 6.45) is 5.73. The number of amides is 1. The highest BCUT2D eigenvalue weighted by molar-refractivity contribution is 6.30. The zero-order valence-electron chi connectivity index (χ0n) is 15.2. The molecule has 1 aromatic carbocycles. The highest BCUT2D eigenvalue weighted by Crippen LogP contribution is 2.17. The van der Waals surface area contributed by atoms with E-state index in [0.29, 0.717) is 29.1 Å². The van der Waals surface area contributed by atoms with Gasteiger partial charge < -0.3 is 10.6 Å². The van der Waals surface area contributed by atoms with E-state index < -0.39 is 0 Å². The van der Waals surface area contributed by atoms with E-state index in [2.05, 4.69) is 20.8 Å². The van der Waals surface area contributed by atoms with Gasteiger partial charge in [0.1, 0.15) is 5.82 Å². The van der Waals surface area contributed by atoms with Crippen molar-refractivity contribution in [2.24, 2.45) is 0 Å². The lowest BCUT2D eigenvalue weighted by Gasteiger charge is -2.22. The van der Waals surface area contributed by atoms with Crippen LogP contribution in [0.3, 0.4) is 0 Å². The molecule has 148 valence electrons. The molecule has 3 heterocycles. The summed E-state index contributed by atoms with van der Waals surface area (Å²) in [6.45, 7) is 2.47. The molecular formula is C19H22Cl2N6O. The summed E-state index contributed by atoms with van der Waals surface area (Å²) in [4.78, 5) is 12.6. The molecule has 3 aromatic rings. The molecule has 9 heteroatoms. The Balaban J connectivity index is 0.00000225. The Morgan fingerprint density at radius 2 is 2.07 bits per heavy atom. The molecule has 0 radical (unpaired) electrons. The first-order valence-corrected chi connectivity index (χ1v) is 9.40. The number of halogens is 2. The topological polar surface area (TPSA) is 76.8 Å². The summed E-state index contributed by atoms with van der Waals surface area (Å²) < 4.78 is 3.62. The van der Waals surface area contributed by atoms with Crippen LogP contribution in [-0.2, 0) is 6.54 Å². The smallest absolute Gasteiger partial charge is 0.277 e. The summed E-state index contributed by atoms with van der Waals surface area (Å²) >= 11 is 5.93. The van der Waals surface area contributed by atoms with Crippen molar-refractivity contribution in [1.29, 1.82) is 0 Å². The van der Waals surface area contributed by atoms with Crippen LogP contribution < -0.4 is 10.6 Å². The molecular weight excluding hydrogens is 399 g/mol. The highest BCUT2D eigenvalue weighted by atomic mass is 35.5. The molecule has 7 nitrogen and oxygen atoms in total. The summed E-state index contributed by atoms with van der Waals surface area (Å²) in [5.41, 5.74) is 1.45. The fourth-order valence-electron chi connectivity index (χ4n) is 3.23. The van der Waals surface area contributed by atoms with Crippen molar-refractivity contribution in [2.75, 3.05) is 18.4 Å². The first kappa shape index (κ1) is 20.4. The zero-order chi connectivity index (χ0) is 18.6. The number of nitrogens with one attached hydrogen (secondary N) is 2. The molecule has 1 unspecified atom stereocenters. The molecule has 0 saturated carbocycles. The maximum absolute atomic E-state index is 12.6. The van der Waals surface area contributed by atoms with Crippen LogP contribution in [0.15, 0.2) is 48.8 Å². The summed E-state index contributed by atoms with van der Waals surface area (Å²) in [5.74, 6) is 0.388. The number of carbonyl (C=O) groups excluding carboxylic acids is 1. The van der Waals surface area contributed by atoms with Crippen molar-refractivity contribution >= 4 is 35.7 Å². The standard InChI is InChI=1S/C19H21ClN6O.ClH/c20-15-5-3-14(4-6-15)13-26-18(7-10-22-26)23-19(27)17-8-11-25(24-17)16-2-1-9-21-12-16;/h3-8,10-11,16,21H,1-2,9,12-13H2,(H,23,27);1H. The first-order valence-electron chi connectivity index (χ1n) is 9.02. The van der Waals surface area contributed by atoms with Crippen molar-refractivity contribution < 1.29 is 4.79 Å². The molecule has 1 amide bonds. The van der Waals surface area contributed by atoms with E-state index in [1.807, 2.05) is 35.1 Å². The molecule has 28 heavy (non-hydrogen) atoms. The quantitative estimate of drug-likeness (QED) is 0.662. The number of aromatic nitrogens is 4. The number of piperidine rings is 1. The summed E-state index contributed by atoms with van der Waals surface area (Å²) in [6, 6.07) is 11.4. The number of anilines is 1. The third kappa shape index (κ3) is 4.73. The van der Waals surface area contributed by atoms with Crippen molar-refractivity contribution in [2.45, 2.75) is 25.4 Å². The second kappa shape index (κ2) is 9.23. The highest BCUT2D eigenvalue weighted by Gasteiger charge is 2.18. The Morgan fingerprint density at radius 3 is 2.82 bits per heavy atom. The lowest BCUT2D eigenvalue weighted by Crippen LogP contribution is -2.32. The van der Waals surface area contributed by atoms with Crippen LogP contribution in [0.2, 0.25) is 5.02 Å². The molecule has 0 spiro atoms. The minimum Gasteiger partial charge on any atom is -0.315 e. The van der Waals surface area contributed by atoms with E-state index in [9.17, 15) is 4.79 Å². The van der Waals surface area contributed by atoms with Crippen molar-refractivity contribution in [3.05, 3.63) is 65.1 Å². The SMILES string of the molecule is Cl.O=C(Nc1ccnn1Cc1ccc(Cl)cc1)c1ccn(C2CCCNC2)n1. The third-order valence-corrected chi connectivity index (χ3v) is 4.94. The van der Waals surface area contributed by atoms with E-state index in [4.69, 9.17) is 11.6 Å². The number of rotatable bonds is 5. The molecule has 0 bridgehead atoms. The van der Waals surface area contributed by atoms with Gasteiger partial charge in [0, 0.05) is 23.8 Å². The predicted octanol–water partition coefficient (Wildman–Crippen LogP) is 3.38. The largest absolute Gasteiger partial charge is 0.315 e. The second-order valence-electron chi connectivity index (χ2n) is 6.64. The van der Waals surface area contributed by atoms with Gasteiger partial charge in [-0.05, 0) is 43.1 Å². The molecule has 1 aliphatic rings. The number of hydrogen-bond acceptors (Lipinski definition) is 4. The van der Waals surface area contributed by atoms with Crippen molar-refractivity contribution in [3.8, 4) is 0 Å². The van der Waals surface area contributed by atoms with E-state index in [1.165, 1.54) is 0 Å². The van der Waals surface area contributed by atoms with Gasteiger partial charge in [-0.15, -0.1) is 12.4 Å². The van der Waals surface area contributed by atoms with Gasteiger partial charge in [0.15, 0.2) is 5.69 Å². The van der Waals surface area contributed by atoms with Crippen molar-refractivity contribution in [1.82, 2.24) is 24.9 Å². The van der Waals surface area contributed by atoms with Gasteiger partial charge in [0.25, 0.3) is 5.91 Å². The maximum Gasteiger partial charge on any atom is 0.277 e. The second-order valence-corrected chi connectivity index (χ2v) is 7.07. The normalized spacial score (nSPS) is 16.4. The van der Waals surface area contributed by atoms with Crippen LogP contribution in [0, 0.1) is 0 Å². The zero-order valence-corrected chi connectivity index (χ0v) is 16.8. The molecule has 0 aliphatic carbocycles. The Labute approximate surface area is 174 Å². The first-order chi connectivity index (χ1) is 13.2. The molecule has 1 aliphatic heterocycles. The number of carbonyl (C=O) groups is 1. The molecule has 4 rings (SSSR count).